The monoisotopic (exact) mass is 280 g/mol. The lowest BCUT2D eigenvalue weighted by Gasteiger charge is -2.31. The molecule has 0 heterocycles. The summed E-state index contributed by atoms with van der Waals surface area (Å²) in [6, 6.07) is 6.14. The fourth-order valence-electron chi connectivity index (χ4n) is 2.46. The van der Waals surface area contributed by atoms with Crippen LogP contribution < -0.4 is 15.2 Å². The van der Waals surface area contributed by atoms with Crippen molar-refractivity contribution < 1.29 is 9.47 Å². The summed E-state index contributed by atoms with van der Waals surface area (Å²) in [7, 11) is 3.35. The molecule has 1 rings (SSSR count). The maximum Gasteiger partial charge on any atom is 0.127 e. The van der Waals surface area contributed by atoms with Gasteiger partial charge in [-0.1, -0.05) is 26.3 Å². The third-order valence-corrected chi connectivity index (χ3v) is 3.67. The van der Waals surface area contributed by atoms with Gasteiger partial charge in [-0.15, -0.1) is 0 Å². The maximum atomic E-state index is 6.02. The molecule has 0 saturated heterocycles. The number of ether oxygens (including phenoxy) is 2. The van der Waals surface area contributed by atoms with Gasteiger partial charge in [-0.05, 0) is 25.6 Å². The lowest BCUT2D eigenvalue weighted by atomic mass is 10.0. The largest absolute Gasteiger partial charge is 0.497 e. The van der Waals surface area contributed by atoms with Crippen molar-refractivity contribution in [1.82, 2.24) is 4.90 Å². The summed E-state index contributed by atoms with van der Waals surface area (Å²) in [5.74, 6) is 1.65. The molecule has 20 heavy (non-hydrogen) atoms. The molecule has 0 radical (unpaired) electrons. The van der Waals surface area contributed by atoms with Crippen LogP contribution in [0.25, 0.3) is 0 Å². The summed E-state index contributed by atoms with van der Waals surface area (Å²) in [4.78, 5) is 2.41. The Kier molecular flexibility index (Phi) is 7.41. The van der Waals surface area contributed by atoms with Gasteiger partial charge >= 0.3 is 0 Å². The van der Waals surface area contributed by atoms with E-state index in [0.29, 0.717) is 6.54 Å². The first kappa shape index (κ1) is 16.8. The predicted octanol–water partition coefficient (Wildman–Crippen LogP) is 2.83. The number of hydrogen-bond donors (Lipinski definition) is 1. The average molecular weight is 280 g/mol. The van der Waals surface area contributed by atoms with Gasteiger partial charge in [0, 0.05) is 18.2 Å². The van der Waals surface area contributed by atoms with E-state index in [0.717, 1.165) is 30.2 Å². The van der Waals surface area contributed by atoms with Crippen LogP contribution in [0.4, 0.5) is 0 Å². The van der Waals surface area contributed by atoms with E-state index >= 15 is 0 Å². The molecular formula is C16H28N2O2. The highest BCUT2D eigenvalue weighted by atomic mass is 16.5. The van der Waals surface area contributed by atoms with E-state index < -0.39 is 0 Å². The molecular weight excluding hydrogens is 252 g/mol. The Morgan fingerprint density at radius 2 is 1.95 bits per heavy atom. The van der Waals surface area contributed by atoms with Gasteiger partial charge in [-0.25, -0.2) is 0 Å². The van der Waals surface area contributed by atoms with Crippen LogP contribution in [-0.4, -0.2) is 38.8 Å². The summed E-state index contributed by atoms with van der Waals surface area (Å²) in [5, 5.41) is 0. The smallest absolute Gasteiger partial charge is 0.127 e. The lowest BCUT2D eigenvalue weighted by Crippen LogP contribution is -2.34. The Hall–Kier alpha value is -1.26. The van der Waals surface area contributed by atoms with Crippen molar-refractivity contribution in [2.75, 3.05) is 33.9 Å². The highest BCUT2D eigenvalue weighted by Crippen LogP contribution is 2.32. The van der Waals surface area contributed by atoms with E-state index in [-0.39, 0.29) is 6.04 Å². The normalized spacial score (nSPS) is 12.5. The minimum atomic E-state index is 0.187. The Labute approximate surface area is 122 Å². The fourth-order valence-corrected chi connectivity index (χ4v) is 2.46. The number of nitrogens with zero attached hydrogens (tertiary/aromatic N) is 1. The molecule has 4 nitrogen and oxygen atoms in total. The van der Waals surface area contributed by atoms with Crippen LogP contribution >= 0.6 is 0 Å². The zero-order chi connectivity index (χ0) is 15.0. The van der Waals surface area contributed by atoms with E-state index in [1.54, 1.807) is 14.2 Å². The van der Waals surface area contributed by atoms with Crippen molar-refractivity contribution in [2.24, 2.45) is 5.73 Å². The van der Waals surface area contributed by atoms with Crippen LogP contribution in [0.15, 0.2) is 18.2 Å². The standard InChI is InChI=1S/C16H28N2O2/c1-5-7-10-18(6-2)15(12-17)14-9-8-13(19-3)11-16(14)20-4/h8-9,11,15H,5-7,10,12,17H2,1-4H3. The van der Waals surface area contributed by atoms with Crippen LogP contribution in [0.2, 0.25) is 0 Å². The molecule has 0 aliphatic carbocycles. The minimum Gasteiger partial charge on any atom is -0.497 e. The summed E-state index contributed by atoms with van der Waals surface area (Å²) < 4.78 is 10.8. The molecule has 4 heteroatoms. The summed E-state index contributed by atoms with van der Waals surface area (Å²) in [5.41, 5.74) is 7.15. The number of unbranched alkanes of at least 4 members (excludes halogenated alkanes) is 1. The number of likely N-dealkylation sites (N-methyl/N-ethyl adjacent to an activating group) is 1. The molecule has 0 spiro atoms. The van der Waals surface area contributed by atoms with Gasteiger partial charge in [0.1, 0.15) is 11.5 Å². The topological polar surface area (TPSA) is 47.7 Å². The van der Waals surface area contributed by atoms with Crippen LogP contribution in [0.1, 0.15) is 38.3 Å². The van der Waals surface area contributed by atoms with E-state index in [1.807, 2.05) is 12.1 Å². The molecule has 0 bridgehead atoms. The van der Waals surface area contributed by atoms with Gasteiger partial charge in [-0.3, -0.25) is 4.90 Å². The SMILES string of the molecule is CCCCN(CC)C(CN)c1ccc(OC)cc1OC. The Bertz CT molecular complexity index is 396. The summed E-state index contributed by atoms with van der Waals surface area (Å²) >= 11 is 0. The zero-order valence-corrected chi connectivity index (χ0v) is 13.2. The number of rotatable bonds is 9. The number of nitrogens with two attached hydrogens (primary N) is 1. The van der Waals surface area contributed by atoms with Gasteiger partial charge < -0.3 is 15.2 Å². The van der Waals surface area contributed by atoms with Gasteiger partial charge in [0.2, 0.25) is 0 Å². The predicted molar refractivity (Wildman–Crippen MR) is 83.5 cm³/mol. The van der Waals surface area contributed by atoms with E-state index in [9.17, 15) is 0 Å². The average Bonchev–Trinajstić information content (AvgIpc) is 2.51. The van der Waals surface area contributed by atoms with Gasteiger partial charge in [-0.2, -0.15) is 0 Å². The van der Waals surface area contributed by atoms with Crippen molar-refractivity contribution in [3.8, 4) is 11.5 Å². The van der Waals surface area contributed by atoms with Gasteiger partial charge in [0.05, 0.1) is 20.3 Å². The number of methoxy groups -OCH3 is 2. The van der Waals surface area contributed by atoms with Crippen molar-refractivity contribution in [2.45, 2.75) is 32.7 Å². The van der Waals surface area contributed by atoms with Crippen LogP contribution in [0.5, 0.6) is 11.5 Å². The Morgan fingerprint density at radius 1 is 1.20 bits per heavy atom. The van der Waals surface area contributed by atoms with E-state index in [2.05, 4.69) is 24.8 Å². The zero-order valence-electron chi connectivity index (χ0n) is 13.2. The first-order chi connectivity index (χ1) is 9.71. The first-order valence-corrected chi connectivity index (χ1v) is 7.37. The van der Waals surface area contributed by atoms with Crippen molar-refractivity contribution in [1.29, 1.82) is 0 Å². The highest BCUT2D eigenvalue weighted by Gasteiger charge is 2.21. The number of hydrogen-bond acceptors (Lipinski definition) is 4. The maximum absolute atomic E-state index is 6.02. The van der Waals surface area contributed by atoms with E-state index in [1.165, 1.54) is 12.8 Å². The molecule has 2 N–H and O–H groups in total. The van der Waals surface area contributed by atoms with Gasteiger partial charge in [0.25, 0.3) is 0 Å². The molecule has 1 aromatic carbocycles. The van der Waals surface area contributed by atoms with Crippen LogP contribution in [-0.2, 0) is 0 Å². The minimum absolute atomic E-state index is 0.187. The van der Waals surface area contributed by atoms with E-state index in [4.69, 9.17) is 15.2 Å². The fraction of sp³-hybridized carbons (Fsp3) is 0.625. The molecule has 114 valence electrons. The van der Waals surface area contributed by atoms with Crippen LogP contribution in [0, 0.1) is 0 Å². The lowest BCUT2D eigenvalue weighted by molar-refractivity contribution is 0.205. The molecule has 1 unspecified atom stereocenters. The third kappa shape index (κ3) is 4.12. The second-order valence-corrected chi connectivity index (χ2v) is 4.84. The third-order valence-electron chi connectivity index (χ3n) is 3.67. The summed E-state index contributed by atoms with van der Waals surface area (Å²) in [6.07, 6.45) is 2.37. The Balaban J connectivity index is 3.03. The molecule has 0 aromatic heterocycles. The summed E-state index contributed by atoms with van der Waals surface area (Å²) in [6.45, 7) is 7.01. The molecule has 0 aliphatic heterocycles. The van der Waals surface area contributed by atoms with Crippen molar-refractivity contribution in [3.05, 3.63) is 23.8 Å². The number of benzene rings is 1. The molecule has 0 aliphatic rings. The highest BCUT2D eigenvalue weighted by molar-refractivity contribution is 5.42. The molecule has 0 fully saturated rings. The Morgan fingerprint density at radius 3 is 2.45 bits per heavy atom. The molecule has 1 atom stereocenters. The second-order valence-electron chi connectivity index (χ2n) is 4.84. The molecule has 1 aromatic rings. The molecule has 0 saturated carbocycles. The van der Waals surface area contributed by atoms with Crippen LogP contribution in [0.3, 0.4) is 0 Å². The second kappa shape index (κ2) is 8.82. The van der Waals surface area contributed by atoms with Crippen molar-refractivity contribution in [3.63, 3.8) is 0 Å². The van der Waals surface area contributed by atoms with Crippen molar-refractivity contribution >= 4 is 0 Å². The van der Waals surface area contributed by atoms with Gasteiger partial charge in [0.15, 0.2) is 0 Å². The first-order valence-electron chi connectivity index (χ1n) is 7.37. The quantitative estimate of drug-likeness (QED) is 0.755. The molecule has 0 amide bonds.